The second-order valence-corrected chi connectivity index (χ2v) is 15.8. The van der Waals surface area contributed by atoms with Crippen LogP contribution < -0.4 is 0 Å². The molecule has 10 unspecified atom stereocenters. The molecule has 3 aromatic carbocycles. The maximum atomic E-state index is 10.2. The SMILES string of the molecule is CC(CC(c1ccc(C2CCC(O)CC2C)cc1)c1ccc(C2CCC(O)CC2C)cc1)c1ccc(C2CCC(O)CC2C)cc1. The first-order valence-corrected chi connectivity index (χ1v) is 18.5. The van der Waals surface area contributed by atoms with Crippen LogP contribution in [0.3, 0.4) is 0 Å². The van der Waals surface area contributed by atoms with Gasteiger partial charge in [-0.1, -0.05) is 100 Å². The Morgan fingerprint density at radius 2 is 0.783 bits per heavy atom. The Hall–Kier alpha value is -2.46. The van der Waals surface area contributed by atoms with E-state index >= 15 is 0 Å². The summed E-state index contributed by atoms with van der Waals surface area (Å²) in [4.78, 5) is 0. The fraction of sp³-hybridized carbons (Fsp3) is 0.581. The Bertz CT molecular complexity index is 1310. The lowest BCUT2D eigenvalue weighted by Crippen LogP contribution is -2.24. The van der Waals surface area contributed by atoms with Gasteiger partial charge in [-0.2, -0.15) is 0 Å². The van der Waals surface area contributed by atoms with E-state index in [1.54, 1.807) is 0 Å². The zero-order chi connectivity index (χ0) is 32.4. The molecule has 3 heteroatoms. The topological polar surface area (TPSA) is 60.7 Å². The number of hydrogen-bond donors (Lipinski definition) is 3. The molecule has 0 aliphatic heterocycles. The molecule has 3 aliphatic carbocycles. The first-order chi connectivity index (χ1) is 22.2. The molecule has 0 saturated heterocycles. The van der Waals surface area contributed by atoms with Gasteiger partial charge in [-0.25, -0.2) is 0 Å². The Kier molecular flexibility index (Phi) is 10.7. The molecule has 3 saturated carbocycles. The molecule has 3 aliphatic rings. The van der Waals surface area contributed by atoms with E-state index in [1.807, 2.05) is 0 Å². The molecular weight excluding hydrogens is 564 g/mol. The van der Waals surface area contributed by atoms with Gasteiger partial charge in [0.05, 0.1) is 18.3 Å². The van der Waals surface area contributed by atoms with E-state index in [9.17, 15) is 15.3 Å². The molecule has 0 aromatic heterocycles. The normalized spacial score (nSPS) is 33.3. The highest BCUT2D eigenvalue weighted by molar-refractivity contribution is 5.39. The van der Waals surface area contributed by atoms with Gasteiger partial charge in [-0.05, 0) is 139 Å². The summed E-state index contributed by atoms with van der Waals surface area (Å²) >= 11 is 0. The van der Waals surface area contributed by atoms with E-state index in [1.165, 1.54) is 33.4 Å². The standard InChI is InChI=1S/C43H58O3/c1-27(31-5-7-32(8-6-31)40-20-17-37(44)23-28(40)2)26-43(35-13-9-33(10-14-35)41-21-18-38(45)24-29(41)3)36-15-11-34(12-16-36)42-22-19-39(46)25-30(42)4/h5-16,27-30,37-46H,17-26H2,1-4H3. The van der Waals surface area contributed by atoms with E-state index < -0.39 is 0 Å². The van der Waals surface area contributed by atoms with Crippen molar-refractivity contribution < 1.29 is 15.3 Å². The number of rotatable bonds is 8. The van der Waals surface area contributed by atoms with E-state index in [4.69, 9.17) is 0 Å². The Labute approximate surface area is 278 Å². The van der Waals surface area contributed by atoms with Gasteiger partial charge in [0.2, 0.25) is 0 Å². The van der Waals surface area contributed by atoms with E-state index in [2.05, 4.69) is 100 Å². The Morgan fingerprint density at radius 1 is 0.478 bits per heavy atom. The molecule has 10 atom stereocenters. The zero-order valence-corrected chi connectivity index (χ0v) is 28.7. The van der Waals surface area contributed by atoms with Crippen molar-refractivity contribution in [1.82, 2.24) is 0 Å². The van der Waals surface area contributed by atoms with Gasteiger partial charge in [0.1, 0.15) is 0 Å². The number of aliphatic hydroxyl groups excluding tert-OH is 3. The molecule has 0 heterocycles. The highest BCUT2D eigenvalue weighted by atomic mass is 16.3. The molecule has 6 rings (SSSR count). The number of benzene rings is 3. The van der Waals surface area contributed by atoms with Crippen LogP contribution in [-0.4, -0.2) is 33.6 Å². The van der Waals surface area contributed by atoms with Crippen LogP contribution in [0, 0.1) is 17.8 Å². The predicted molar refractivity (Wildman–Crippen MR) is 189 cm³/mol. The van der Waals surface area contributed by atoms with Crippen molar-refractivity contribution in [3.63, 3.8) is 0 Å². The average molecular weight is 623 g/mol. The summed E-state index contributed by atoms with van der Waals surface area (Å²) in [6.45, 7) is 9.27. The lowest BCUT2D eigenvalue weighted by molar-refractivity contribution is 0.0946. The van der Waals surface area contributed by atoms with Crippen LogP contribution in [-0.2, 0) is 0 Å². The molecule has 46 heavy (non-hydrogen) atoms. The van der Waals surface area contributed by atoms with Crippen molar-refractivity contribution in [2.75, 3.05) is 0 Å². The van der Waals surface area contributed by atoms with Gasteiger partial charge >= 0.3 is 0 Å². The fourth-order valence-corrected chi connectivity index (χ4v) is 9.57. The minimum absolute atomic E-state index is 0.136. The molecule has 0 bridgehead atoms. The second kappa shape index (κ2) is 14.8. The quantitative estimate of drug-likeness (QED) is 0.234. The summed E-state index contributed by atoms with van der Waals surface area (Å²) < 4.78 is 0. The smallest absolute Gasteiger partial charge is 0.0543 e. The highest BCUT2D eigenvalue weighted by Crippen LogP contribution is 2.43. The maximum Gasteiger partial charge on any atom is 0.0543 e. The molecule has 3 fully saturated rings. The van der Waals surface area contributed by atoms with E-state index in [0.717, 1.165) is 64.2 Å². The van der Waals surface area contributed by atoms with Crippen molar-refractivity contribution in [2.45, 2.75) is 140 Å². The van der Waals surface area contributed by atoms with Crippen LogP contribution in [0.4, 0.5) is 0 Å². The van der Waals surface area contributed by atoms with Crippen LogP contribution in [0.25, 0.3) is 0 Å². The zero-order valence-electron chi connectivity index (χ0n) is 28.7. The largest absolute Gasteiger partial charge is 0.393 e. The summed E-state index contributed by atoms with van der Waals surface area (Å²) in [7, 11) is 0. The molecule has 0 spiro atoms. The summed E-state index contributed by atoms with van der Waals surface area (Å²) in [5.74, 6) is 3.83. The van der Waals surface area contributed by atoms with Crippen molar-refractivity contribution in [3.8, 4) is 0 Å². The highest BCUT2D eigenvalue weighted by Gasteiger charge is 2.30. The van der Waals surface area contributed by atoms with Crippen molar-refractivity contribution in [1.29, 1.82) is 0 Å². The van der Waals surface area contributed by atoms with Gasteiger partial charge < -0.3 is 15.3 Å². The third kappa shape index (κ3) is 7.64. The number of hydrogen-bond acceptors (Lipinski definition) is 3. The van der Waals surface area contributed by atoms with Crippen LogP contribution in [0.5, 0.6) is 0 Å². The molecule has 248 valence electrons. The summed E-state index contributed by atoms with van der Waals surface area (Å²) in [6, 6.07) is 28.4. The molecule has 3 aromatic rings. The van der Waals surface area contributed by atoms with Crippen molar-refractivity contribution in [3.05, 3.63) is 106 Å². The van der Waals surface area contributed by atoms with E-state index in [-0.39, 0.29) is 18.3 Å². The van der Waals surface area contributed by atoms with Gasteiger partial charge in [0, 0.05) is 5.92 Å². The van der Waals surface area contributed by atoms with Crippen molar-refractivity contribution >= 4 is 0 Å². The Balaban J connectivity index is 1.23. The molecule has 3 nitrogen and oxygen atoms in total. The molecule has 0 radical (unpaired) electrons. The lowest BCUT2D eigenvalue weighted by atomic mass is 9.74. The predicted octanol–water partition coefficient (Wildman–Crippen LogP) is 9.81. The third-order valence-electron chi connectivity index (χ3n) is 12.5. The van der Waals surface area contributed by atoms with Crippen LogP contribution in [0.15, 0.2) is 72.8 Å². The van der Waals surface area contributed by atoms with Crippen LogP contribution >= 0.6 is 0 Å². The van der Waals surface area contributed by atoms with E-state index in [0.29, 0.717) is 47.3 Å². The Morgan fingerprint density at radius 3 is 1.09 bits per heavy atom. The van der Waals surface area contributed by atoms with Gasteiger partial charge in [-0.15, -0.1) is 0 Å². The summed E-state index contributed by atoms with van der Waals surface area (Å²) in [5.41, 5.74) is 8.42. The fourth-order valence-electron chi connectivity index (χ4n) is 9.57. The first-order valence-electron chi connectivity index (χ1n) is 18.5. The van der Waals surface area contributed by atoms with Gasteiger partial charge in [-0.3, -0.25) is 0 Å². The summed E-state index contributed by atoms with van der Waals surface area (Å²) in [6.07, 6.45) is 9.26. The van der Waals surface area contributed by atoms with Gasteiger partial charge in [0.25, 0.3) is 0 Å². The molecule has 0 amide bonds. The van der Waals surface area contributed by atoms with Crippen LogP contribution in [0.2, 0.25) is 0 Å². The minimum Gasteiger partial charge on any atom is -0.393 e. The maximum absolute atomic E-state index is 10.2. The lowest BCUT2D eigenvalue weighted by Gasteiger charge is -2.33. The monoisotopic (exact) mass is 622 g/mol. The first kappa shape index (κ1) is 33.4. The average Bonchev–Trinajstić information content (AvgIpc) is 3.04. The van der Waals surface area contributed by atoms with Gasteiger partial charge in [0.15, 0.2) is 0 Å². The minimum atomic E-state index is -0.144. The number of aliphatic hydroxyl groups is 3. The molecular formula is C43H58O3. The second-order valence-electron chi connectivity index (χ2n) is 15.8. The summed E-state index contributed by atoms with van der Waals surface area (Å²) in [5, 5.41) is 30.5. The third-order valence-corrected chi connectivity index (χ3v) is 12.5. The van der Waals surface area contributed by atoms with Crippen molar-refractivity contribution in [2.24, 2.45) is 17.8 Å². The molecule has 3 N–H and O–H groups in total. The van der Waals surface area contributed by atoms with Crippen LogP contribution in [0.1, 0.15) is 155 Å².